The van der Waals surface area contributed by atoms with Gasteiger partial charge < -0.3 is 14.2 Å². The van der Waals surface area contributed by atoms with Crippen molar-refractivity contribution in [3.63, 3.8) is 0 Å². The molecule has 2 aromatic heterocycles. The summed E-state index contributed by atoms with van der Waals surface area (Å²) < 4.78 is 7.52. The van der Waals surface area contributed by atoms with Crippen molar-refractivity contribution in [3.8, 4) is 0 Å². The molecule has 7 heteroatoms. The van der Waals surface area contributed by atoms with Gasteiger partial charge in [-0.25, -0.2) is 4.98 Å². The van der Waals surface area contributed by atoms with E-state index in [4.69, 9.17) is 16.3 Å². The number of morpholine rings is 1. The predicted molar refractivity (Wildman–Crippen MR) is 73.6 cm³/mol. The Bertz CT molecular complexity index is 599. The number of hydrogen-bond donors (Lipinski definition) is 0. The normalized spacial score (nSPS) is 20.2. The van der Waals surface area contributed by atoms with E-state index >= 15 is 0 Å². The lowest BCUT2D eigenvalue weighted by atomic mass is 10.2. The number of imidazole rings is 1. The largest absolute Gasteiger partial charge is 0.377 e. The van der Waals surface area contributed by atoms with E-state index in [1.807, 2.05) is 4.57 Å². The smallest absolute Gasteiger partial charge is 0.226 e. The first-order chi connectivity index (χ1) is 9.20. The van der Waals surface area contributed by atoms with Gasteiger partial charge in [0.05, 0.1) is 25.6 Å². The molecule has 0 aromatic carbocycles. The van der Waals surface area contributed by atoms with Crippen molar-refractivity contribution in [1.29, 1.82) is 0 Å². The highest BCUT2D eigenvalue weighted by atomic mass is 35.5. The fraction of sp³-hybridized carbons (Fsp3) is 0.583. The Morgan fingerprint density at radius 2 is 2.32 bits per heavy atom. The molecule has 0 radical (unpaired) electrons. The number of aromatic nitrogens is 4. The third kappa shape index (κ3) is 2.15. The number of nitrogens with zero attached hydrogens (tertiary/aromatic N) is 5. The van der Waals surface area contributed by atoms with Gasteiger partial charge in [-0.2, -0.15) is 9.97 Å². The second-order valence-electron chi connectivity index (χ2n) is 4.64. The summed E-state index contributed by atoms with van der Waals surface area (Å²) in [6.45, 7) is 7.22. The standard InChI is InChI=1S/C12H16ClN5O/c1-3-17-7-14-10-9(17)11(16-12(13)15-10)18-4-5-19-6-8(18)2/h7-8H,3-6H2,1-2H3. The molecule has 1 fully saturated rings. The van der Waals surface area contributed by atoms with Gasteiger partial charge in [0.1, 0.15) is 5.52 Å². The van der Waals surface area contributed by atoms with E-state index in [-0.39, 0.29) is 11.3 Å². The van der Waals surface area contributed by atoms with Gasteiger partial charge in [-0.05, 0) is 25.4 Å². The fourth-order valence-electron chi connectivity index (χ4n) is 2.42. The quantitative estimate of drug-likeness (QED) is 0.785. The lowest BCUT2D eigenvalue weighted by molar-refractivity contribution is 0.0986. The summed E-state index contributed by atoms with van der Waals surface area (Å²) in [6, 6.07) is 0.267. The van der Waals surface area contributed by atoms with Gasteiger partial charge in [-0.3, -0.25) is 0 Å². The number of aryl methyl sites for hydroxylation is 1. The number of fused-ring (bicyclic) bond motifs is 1. The third-order valence-corrected chi connectivity index (χ3v) is 3.58. The maximum absolute atomic E-state index is 6.01. The van der Waals surface area contributed by atoms with Crippen molar-refractivity contribution < 1.29 is 4.74 Å². The predicted octanol–water partition coefficient (Wildman–Crippen LogP) is 1.72. The highest BCUT2D eigenvalue weighted by molar-refractivity contribution is 6.28. The van der Waals surface area contributed by atoms with E-state index in [0.29, 0.717) is 18.9 Å². The number of hydrogen-bond acceptors (Lipinski definition) is 5. The molecule has 0 N–H and O–H groups in total. The molecule has 3 heterocycles. The van der Waals surface area contributed by atoms with Gasteiger partial charge in [-0.1, -0.05) is 0 Å². The molecular weight excluding hydrogens is 266 g/mol. The molecule has 1 unspecified atom stereocenters. The minimum Gasteiger partial charge on any atom is -0.377 e. The number of halogens is 1. The summed E-state index contributed by atoms with van der Waals surface area (Å²) in [5.74, 6) is 0.852. The highest BCUT2D eigenvalue weighted by Gasteiger charge is 2.24. The topological polar surface area (TPSA) is 56.1 Å². The van der Waals surface area contributed by atoms with Gasteiger partial charge in [-0.15, -0.1) is 0 Å². The van der Waals surface area contributed by atoms with Crippen LogP contribution in [-0.2, 0) is 11.3 Å². The second-order valence-corrected chi connectivity index (χ2v) is 4.97. The van der Waals surface area contributed by atoms with Crippen LogP contribution in [0.2, 0.25) is 5.28 Å². The molecule has 3 rings (SSSR count). The van der Waals surface area contributed by atoms with Crippen LogP contribution in [0, 0.1) is 0 Å². The molecule has 1 aliphatic rings. The van der Waals surface area contributed by atoms with Crippen LogP contribution in [-0.4, -0.2) is 45.3 Å². The first kappa shape index (κ1) is 12.6. The summed E-state index contributed by atoms with van der Waals surface area (Å²) in [4.78, 5) is 15.1. The Morgan fingerprint density at radius 3 is 3.05 bits per heavy atom. The zero-order valence-corrected chi connectivity index (χ0v) is 11.8. The molecule has 1 saturated heterocycles. The molecule has 2 aromatic rings. The number of rotatable bonds is 2. The van der Waals surface area contributed by atoms with Crippen LogP contribution < -0.4 is 4.90 Å². The van der Waals surface area contributed by atoms with E-state index < -0.39 is 0 Å². The molecule has 0 spiro atoms. The molecule has 0 aliphatic carbocycles. The highest BCUT2D eigenvalue weighted by Crippen LogP contribution is 2.27. The van der Waals surface area contributed by atoms with E-state index in [2.05, 4.69) is 33.7 Å². The van der Waals surface area contributed by atoms with Crippen LogP contribution in [0.4, 0.5) is 5.82 Å². The molecule has 6 nitrogen and oxygen atoms in total. The summed E-state index contributed by atoms with van der Waals surface area (Å²) in [5, 5.41) is 0.238. The van der Waals surface area contributed by atoms with E-state index in [0.717, 1.165) is 24.4 Å². The van der Waals surface area contributed by atoms with Gasteiger partial charge in [0.2, 0.25) is 5.28 Å². The van der Waals surface area contributed by atoms with Crippen LogP contribution in [0.5, 0.6) is 0 Å². The molecule has 0 bridgehead atoms. The van der Waals surface area contributed by atoms with Gasteiger partial charge in [0, 0.05) is 13.1 Å². The Kier molecular flexibility index (Phi) is 3.28. The lowest BCUT2D eigenvalue weighted by Crippen LogP contribution is -2.44. The van der Waals surface area contributed by atoms with Crippen LogP contribution in [0.15, 0.2) is 6.33 Å². The SMILES string of the molecule is CCn1cnc2nc(Cl)nc(N3CCOCC3C)c21. The lowest BCUT2D eigenvalue weighted by Gasteiger charge is -2.34. The van der Waals surface area contributed by atoms with Crippen molar-refractivity contribution in [3.05, 3.63) is 11.6 Å². The molecule has 1 atom stereocenters. The van der Waals surface area contributed by atoms with Gasteiger partial charge >= 0.3 is 0 Å². The van der Waals surface area contributed by atoms with Crippen LogP contribution in [0.1, 0.15) is 13.8 Å². The Balaban J connectivity index is 2.17. The van der Waals surface area contributed by atoms with E-state index in [1.165, 1.54) is 0 Å². The maximum Gasteiger partial charge on any atom is 0.226 e. The minimum absolute atomic E-state index is 0.238. The Hall–Kier alpha value is -1.40. The second kappa shape index (κ2) is 4.94. The molecule has 0 saturated carbocycles. The van der Waals surface area contributed by atoms with Crippen molar-refractivity contribution >= 4 is 28.6 Å². The zero-order valence-electron chi connectivity index (χ0n) is 11.0. The van der Waals surface area contributed by atoms with Gasteiger partial charge in [0.15, 0.2) is 11.5 Å². The molecular formula is C12H16ClN5O. The van der Waals surface area contributed by atoms with Crippen LogP contribution in [0.25, 0.3) is 11.2 Å². The summed E-state index contributed by atoms with van der Waals surface area (Å²) >= 11 is 6.01. The Labute approximate surface area is 116 Å². The van der Waals surface area contributed by atoms with Crippen molar-refractivity contribution in [2.45, 2.75) is 26.4 Å². The molecule has 0 amide bonds. The van der Waals surface area contributed by atoms with Crippen LogP contribution in [0.3, 0.4) is 0 Å². The van der Waals surface area contributed by atoms with E-state index in [1.54, 1.807) is 6.33 Å². The van der Waals surface area contributed by atoms with Gasteiger partial charge in [0.25, 0.3) is 0 Å². The fourth-order valence-corrected chi connectivity index (χ4v) is 2.58. The monoisotopic (exact) mass is 281 g/mol. The summed E-state index contributed by atoms with van der Waals surface area (Å²) in [6.07, 6.45) is 1.78. The van der Waals surface area contributed by atoms with E-state index in [9.17, 15) is 0 Å². The van der Waals surface area contributed by atoms with Crippen molar-refractivity contribution in [1.82, 2.24) is 19.5 Å². The minimum atomic E-state index is 0.238. The molecule has 1 aliphatic heterocycles. The summed E-state index contributed by atoms with van der Waals surface area (Å²) in [7, 11) is 0. The first-order valence-electron chi connectivity index (χ1n) is 6.43. The first-order valence-corrected chi connectivity index (χ1v) is 6.81. The zero-order chi connectivity index (χ0) is 13.4. The third-order valence-electron chi connectivity index (χ3n) is 3.41. The number of ether oxygens (including phenoxy) is 1. The average molecular weight is 282 g/mol. The molecule has 19 heavy (non-hydrogen) atoms. The number of anilines is 1. The van der Waals surface area contributed by atoms with Crippen molar-refractivity contribution in [2.24, 2.45) is 0 Å². The van der Waals surface area contributed by atoms with Crippen molar-refractivity contribution in [2.75, 3.05) is 24.7 Å². The summed E-state index contributed by atoms with van der Waals surface area (Å²) in [5.41, 5.74) is 1.59. The Morgan fingerprint density at radius 1 is 1.47 bits per heavy atom. The molecule has 102 valence electrons. The maximum atomic E-state index is 6.01. The van der Waals surface area contributed by atoms with Crippen LogP contribution >= 0.6 is 11.6 Å². The average Bonchev–Trinajstić information content (AvgIpc) is 2.81.